The van der Waals surface area contributed by atoms with E-state index in [2.05, 4.69) is 20.4 Å². The fraction of sp³-hybridized carbons (Fsp3) is 0.286. The van der Waals surface area contributed by atoms with Gasteiger partial charge in [0.25, 0.3) is 5.91 Å². The Morgan fingerprint density at radius 2 is 2.23 bits per heavy atom. The van der Waals surface area contributed by atoms with Gasteiger partial charge in [0.1, 0.15) is 10.7 Å². The maximum absolute atomic E-state index is 12.3. The summed E-state index contributed by atoms with van der Waals surface area (Å²) in [6.07, 6.45) is 4.47. The molecule has 0 aromatic carbocycles. The Balaban J connectivity index is 1.76. The summed E-state index contributed by atoms with van der Waals surface area (Å²) in [7, 11) is 1.85. The number of carbonyl (C=O) groups excluding carboxylic acids is 1. The second-order valence-corrected chi connectivity index (χ2v) is 6.83. The van der Waals surface area contributed by atoms with Crippen LogP contribution in [-0.4, -0.2) is 25.7 Å². The Hall–Kier alpha value is -2.06. The number of rotatable bonds is 4. The minimum absolute atomic E-state index is 0.234. The molecular weight excluding hydrogens is 318 g/mol. The summed E-state index contributed by atoms with van der Waals surface area (Å²) in [4.78, 5) is 22.2. The molecule has 0 radical (unpaired) electrons. The number of anilines is 1. The van der Waals surface area contributed by atoms with Crippen molar-refractivity contribution in [2.75, 3.05) is 5.32 Å². The molecule has 0 bridgehead atoms. The first-order valence-electron chi connectivity index (χ1n) is 6.79. The van der Waals surface area contributed by atoms with Crippen molar-refractivity contribution in [1.29, 1.82) is 0 Å². The van der Waals surface area contributed by atoms with Gasteiger partial charge in [0.2, 0.25) is 0 Å². The van der Waals surface area contributed by atoms with E-state index >= 15 is 0 Å². The van der Waals surface area contributed by atoms with Gasteiger partial charge in [0.15, 0.2) is 5.13 Å². The van der Waals surface area contributed by atoms with E-state index in [1.165, 1.54) is 22.7 Å². The van der Waals surface area contributed by atoms with E-state index in [0.29, 0.717) is 10.8 Å². The Morgan fingerprint density at radius 3 is 2.86 bits per heavy atom. The van der Waals surface area contributed by atoms with Crippen LogP contribution in [0.2, 0.25) is 0 Å². The van der Waals surface area contributed by atoms with Gasteiger partial charge in [-0.05, 0) is 13.3 Å². The molecule has 1 amide bonds. The lowest BCUT2D eigenvalue weighted by molar-refractivity contribution is 0.102. The molecule has 3 heterocycles. The summed E-state index contributed by atoms with van der Waals surface area (Å²) < 4.78 is 1.71. The SMILES string of the molecule is CCc1nc(NC(=O)c2csc(-c3cnn(C)c3)n2)sc1C. The normalized spacial score (nSPS) is 10.9. The van der Waals surface area contributed by atoms with Crippen molar-refractivity contribution in [3.05, 3.63) is 34.0 Å². The van der Waals surface area contributed by atoms with Crippen LogP contribution in [0.3, 0.4) is 0 Å². The topological polar surface area (TPSA) is 72.7 Å². The van der Waals surface area contributed by atoms with E-state index in [9.17, 15) is 4.79 Å². The maximum Gasteiger partial charge on any atom is 0.276 e. The van der Waals surface area contributed by atoms with E-state index < -0.39 is 0 Å². The predicted octanol–water partition coefficient (Wildman–Crippen LogP) is 3.12. The molecule has 0 spiro atoms. The molecule has 0 saturated carbocycles. The molecule has 22 heavy (non-hydrogen) atoms. The summed E-state index contributed by atoms with van der Waals surface area (Å²) in [6, 6.07) is 0. The van der Waals surface area contributed by atoms with Gasteiger partial charge in [-0.3, -0.25) is 14.8 Å². The monoisotopic (exact) mass is 333 g/mol. The molecule has 0 unspecified atom stereocenters. The number of amides is 1. The van der Waals surface area contributed by atoms with Gasteiger partial charge in [-0.15, -0.1) is 22.7 Å². The fourth-order valence-electron chi connectivity index (χ4n) is 2.01. The second-order valence-electron chi connectivity index (χ2n) is 4.77. The van der Waals surface area contributed by atoms with Gasteiger partial charge in [-0.25, -0.2) is 9.97 Å². The van der Waals surface area contributed by atoms with Crippen molar-refractivity contribution in [2.45, 2.75) is 20.3 Å². The van der Waals surface area contributed by atoms with Crippen molar-refractivity contribution < 1.29 is 4.79 Å². The molecule has 0 atom stereocenters. The lowest BCUT2D eigenvalue weighted by Gasteiger charge is -1.97. The van der Waals surface area contributed by atoms with Crippen molar-refractivity contribution in [3.63, 3.8) is 0 Å². The highest BCUT2D eigenvalue weighted by Gasteiger charge is 2.15. The van der Waals surface area contributed by atoms with Crippen LogP contribution < -0.4 is 5.32 Å². The van der Waals surface area contributed by atoms with E-state index in [0.717, 1.165) is 27.6 Å². The van der Waals surface area contributed by atoms with E-state index in [1.807, 2.05) is 27.1 Å². The lowest BCUT2D eigenvalue weighted by atomic mass is 10.3. The van der Waals surface area contributed by atoms with Crippen LogP contribution in [0, 0.1) is 6.92 Å². The van der Waals surface area contributed by atoms with Gasteiger partial charge in [0, 0.05) is 29.1 Å². The molecule has 6 nitrogen and oxygen atoms in total. The second kappa shape index (κ2) is 5.98. The van der Waals surface area contributed by atoms with Crippen LogP contribution in [0.5, 0.6) is 0 Å². The van der Waals surface area contributed by atoms with E-state index in [1.54, 1.807) is 16.3 Å². The molecule has 0 fully saturated rings. The highest BCUT2D eigenvalue weighted by atomic mass is 32.1. The van der Waals surface area contributed by atoms with Gasteiger partial charge in [0.05, 0.1) is 11.9 Å². The number of hydrogen-bond donors (Lipinski definition) is 1. The highest BCUT2D eigenvalue weighted by Crippen LogP contribution is 2.25. The smallest absolute Gasteiger partial charge is 0.276 e. The van der Waals surface area contributed by atoms with Gasteiger partial charge in [-0.2, -0.15) is 5.10 Å². The van der Waals surface area contributed by atoms with Gasteiger partial charge >= 0.3 is 0 Å². The van der Waals surface area contributed by atoms with Gasteiger partial charge < -0.3 is 0 Å². The third-order valence-corrected chi connectivity index (χ3v) is 4.96. The summed E-state index contributed by atoms with van der Waals surface area (Å²) in [5, 5.41) is 10.1. The molecule has 114 valence electrons. The number of hydrogen-bond acceptors (Lipinski definition) is 6. The molecule has 3 rings (SSSR count). The van der Waals surface area contributed by atoms with Crippen LogP contribution in [0.15, 0.2) is 17.8 Å². The van der Waals surface area contributed by atoms with E-state index in [4.69, 9.17) is 0 Å². The highest BCUT2D eigenvalue weighted by molar-refractivity contribution is 7.16. The molecule has 8 heteroatoms. The minimum Gasteiger partial charge on any atom is -0.296 e. The average molecular weight is 333 g/mol. The summed E-state index contributed by atoms with van der Waals surface area (Å²) in [5.74, 6) is -0.234. The molecule has 1 N–H and O–H groups in total. The van der Waals surface area contributed by atoms with Crippen LogP contribution in [0.4, 0.5) is 5.13 Å². The van der Waals surface area contributed by atoms with Crippen LogP contribution in [-0.2, 0) is 13.5 Å². The molecule has 0 aliphatic rings. The van der Waals surface area contributed by atoms with Gasteiger partial charge in [-0.1, -0.05) is 6.92 Å². The first-order valence-corrected chi connectivity index (χ1v) is 8.48. The fourth-order valence-corrected chi connectivity index (χ4v) is 3.69. The Kier molecular flexibility index (Phi) is 4.04. The molecule has 0 aliphatic carbocycles. The number of aryl methyl sites for hydroxylation is 3. The van der Waals surface area contributed by atoms with E-state index in [-0.39, 0.29) is 5.91 Å². The maximum atomic E-state index is 12.3. The summed E-state index contributed by atoms with van der Waals surface area (Å²) >= 11 is 2.91. The van der Waals surface area contributed by atoms with Crippen molar-refractivity contribution in [2.24, 2.45) is 7.05 Å². The number of nitrogens with zero attached hydrogens (tertiary/aromatic N) is 4. The van der Waals surface area contributed by atoms with Crippen LogP contribution in [0.1, 0.15) is 28.0 Å². The molecule has 3 aromatic heterocycles. The molecule has 0 saturated heterocycles. The lowest BCUT2D eigenvalue weighted by Crippen LogP contribution is -2.12. The van der Waals surface area contributed by atoms with Crippen LogP contribution in [0.25, 0.3) is 10.6 Å². The predicted molar refractivity (Wildman–Crippen MR) is 88.5 cm³/mol. The molecular formula is C14H15N5OS2. The summed E-state index contributed by atoms with van der Waals surface area (Å²) in [5.41, 5.74) is 2.33. The zero-order valence-electron chi connectivity index (χ0n) is 12.5. The number of nitrogens with one attached hydrogen (secondary N) is 1. The molecule has 3 aromatic rings. The minimum atomic E-state index is -0.234. The Labute approximate surface area is 135 Å². The zero-order valence-corrected chi connectivity index (χ0v) is 14.1. The van der Waals surface area contributed by atoms with Crippen molar-refractivity contribution in [1.82, 2.24) is 19.7 Å². The van der Waals surface area contributed by atoms with Crippen molar-refractivity contribution >= 4 is 33.7 Å². The number of carbonyl (C=O) groups is 1. The standard InChI is InChI=1S/C14H15N5OS2/c1-4-10-8(2)22-14(17-10)18-12(20)11-7-21-13(16-11)9-5-15-19(3)6-9/h5-7H,4H2,1-3H3,(H,17,18,20). The quantitative estimate of drug-likeness (QED) is 0.796. The largest absolute Gasteiger partial charge is 0.296 e. The van der Waals surface area contributed by atoms with Crippen LogP contribution >= 0.6 is 22.7 Å². The molecule has 0 aliphatic heterocycles. The number of thiazole rings is 2. The summed E-state index contributed by atoms with van der Waals surface area (Å²) in [6.45, 7) is 4.06. The number of aromatic nitrogens is 4. The first kappa shape index (κ1) is 14.9. The Morgan fingerprint density at radius 1 is 1.41 bits per heavy atom. The third-order valence-electron chi connectivity index (χ3n) is 3.14. The first-order chi connectivity index (χ1) is 10.6. The average Bonchev–Trinajstić information content (AvgIpc) is 3.18. The Bertz CT molecular complexity index is 817. The van der Waals surface area contributed by atoms with Crippen molar-refractivity contribution in [3.8, 4) is 10.6 Å². The third kappa shape index (κ3) is 2.93. The zero-order chi connectivity index (χ0) is 15.7.